The zero-order chi connectivity index (χ0) is 11.6. The van der Waals surface area contributed by atoms with Crippen LogP contribution >= 0.6 is 0 Å². The van der Waals surface area contributed by atoms with Gasteiger partial charge in [0.25, 0.3) is 5.91 Å². The Balaban J connectivity index is 2.02. The number of amides is 1. The number of aliphatic carboxylic acids is 1. The molecule has 2 N–H and O–H groups in total. The van der Waals surface area contributed by atoms with E-state index in [-0.39, 0.29) is 12.2 Å². The van der Waals surface area contributed by atoms with E-state index in [1.807, 2.05) is 0 Å². The van der Waals surface area contributed by atoms with E-state index in [0.29, 0.717) is 12.8 Å². The molecule has 1 aliphatic carbocycles. The lowest BCUT2D eigenvalue weighted by Gasteiger charge is -2.41. The zero-order valence-corrected chi connectivity index (χ0v) is 8.60. The fourth-order valence-corrected chi connectivity index (χ4v) is 1.87. The van der Waals surface area contributed by atoms with E-state index >= 15 is 0 Å². The topological polar surface area (TPSA) is 92.4 Å². The largest absolute Gasteiger partial charge is 0.481 e. The van der Waals surface area contributed by atoms with Gasteiger partial charge in [0.2, 0.25) is 5.76 Å². The number of carboxylic acids is 1. The molecular weight excluding hydrogens is 212 g/mol. The number of aromatic nitrogens is 1. The Morgan fingerprint density at radius 1 is 1.56 bits per heavy atom. The summed E-state index contributed by atoms with van der Waals surface area (Å²) in [4.78, 5) is 22.3. The number of nitrogens with zero attached hydrogens (tertiary/aromatic N) is 1. The molecule has 0 radical (unpaired) electrons. The molecular formula is C10H12N2O4. The highest BCUT2D eigenvalue weighted by molar-refractivity contribution is 5.92. The van der Waals surface area contributed by atoms with Crippen LogP contribution in [0.1, 0.15) is 36.2 Å². The Labute approximate surface area is 91.6 Å². The third-order valence-electron chi connectivity index (χ3n) is 2.84. The Kier molecular flexibility index (Phi) is 2.64. The first-order valence-electron chi connectivity index (χ1n) is 5.06. The number of carbonyl (C=O) groups is 2. The molecule has 0 atom stereocenters. The van der Waals surface area contributed by atoms with Crippen molar-refractivity contribution < 1.29 is 19.2 Å². The molecule has 16 heavy (non-hydrogen) atoms. The minimum absolute atomic E-state index is 0.0487. The summed E-state index contributed by atoms with van der Waals surface area (Å²) >= 11 is 0. The molecule has 2 rings (SSSR count). The lowest BCUT2D eigenvalue weighted by atomic mass is 9.74. The van der Waals surface area contributed by atoms with Crippen LogP contribution in [0.3, 0.4) is 0 Å². The van der Waals surface area contributed by atoms with E-state index < -0.39 is 17.4 Å². The van der Waals surface area contributed by atoms with Crippen molar-refractivity contribution in [2.24, 2.45) is 0 Å². The van der Waals surface area contributed by atoms with Crippen LogP contribution < -0.4 is 5.32 Å². The highest BCUT2D eigenvalue weighted by atomic mass is 16.5. The van der Waals surface area contributed by atoms with Crippen LogP contribution in [-0.2, 0) is 4.79 Å². The average molecular weight is 224 g/mol. The van der Waals surface area contributed by atoms with Gasteiger partial charge < -0.3 is 14.9 Å². The van der Waals surface area contributed by atoms with Gasteiger partial charge in [-0.3, -0.25) is 9.59 Å². The molecule has 1 fully saturated rings. The van der Waals surface area contributed by atoms with E-state index in [2.05, 4.69) is 10.5 Å². The van der Waals surface area contributed by atoms with Gasteiger partial charge in [-0.05, 0) is 19.3 Å². The number of hydrogen-bond acceptors (Lipinski definition) is 4. The van der Waals surface area contributed by atoms with Gasteiger partial charge in [-0.25, -0.2) is 0 Å². The van der Waals surface area contributed by atoms with Crippen LogP contribution in [0.5, 0.6) is 0 Å². The predicted octanol–water partition coefficient (Wildman–Crippen LogP) is 0.802. The van der Waals surface area contributed by atoms with Crippen LogP contribution in [0.4, 0.5) is 0 Å². The van der Waals surface area contributed by atoms with Crippen molar-refractivity contribution in [2.75, 3.05) is 0 Å². The molecule has 0 unspecified atom stereocenters. The Morgan fingerprint density at radius 3 is 2.75 bits per heavy atom. The summed E-state index contributed by atoms with van der Waals surface area (Å²) in [5, 5.41) is 14.9. The Bertz CT molecular complexity index is 395. The van der Waals surface area contributed by atoms with Gasteiger partial charge >= 0.3 is 5.97 Å². The van der Waals surface area contributed by atoms with Gasteiger partial charge in [-0.2, -0.15) is 0 Å². The van der Waals surface area contributed by atoms with Gasteiger partial charge in [0.1, 0.15) is 0 Å². The zero-order valence-electron chi connectivity index (χ0n) is 8.60. The van der Waals surface area contributed by atoms with Gasteiger partial charge in [-0.1, -0.05) is 5.16 Å². The quantitative estimate of drug-likeness (QED) is 0.789. The van der Waals surface area contributed by atoms with Gasteiger partial charge in [0.05, 0.1) is 18.2 Å². The minimum atomic E-state index is -0.905. The summed E-state index contributed by atoms with van der Waals surface area (Å²) in [6.07, 6.45) is 3.65. The lowest BCUT2D eigenvalue weighted by molar-refractivity contribution is -0.139. The minimum Gasteiger partial charge on any atom is -0.481 e. The van der Waals surface area contributed by atoms with Crippen molar-refractivity contribution in [3.05, 3.63) is 18.0 Å². The highest BCUT2D eigenvalue weighted by Crippen LogP contribution is 2.35. The van der Waals surface area contributed by atoms with Crippen molar-refractivity contribution in [1.82, 2.24) is 10.5 Å². The summed E-state index contributed by atoms with van der Waals surface area (Å²) in [6.45, 7) is 0. The summed E-state index contributed by atoms with van der Waals surface area (Å²) in [7, 11) is 0. The number of rotatable bonds is 4. The maximum Gasteiger partial charge on any atom is 0.305 e. The molecule has 0 saturated heterocycles. The third kappa shape index (κ3) is 2.05. The first-order valence-corrected chi connectivity index (χ1v) is 5.06. The van der Waals surface area contributed by atoms with Crippen LogP contribution in [0.15, 0.2) is 16.8 Å². The second-order valence-corrected chi connectivity index (χ2v) is 4.04. The van der Waals surface area contributed by atoms with Gasteiger partial charge in [0.15, 0.2) is 0 Å². The van der Waals surface area contributed by atoms with Crippen molar-refractivity contribution in [2.45, 2.75) is 31.2 Å². The molecule has 1 saturated carbocycles. The molecule has 0 aliphatic heterocycles. The molecule has 6 heteroatoms. The first-order chi connectivity index (χ1) is 7.61. The maximum absolute atomic E-state index is 11.7. The van der Waals surface area contributed by atoms with E-state index in [0.717, 1.165) is 6.42 Å². The van der Waals surface area contributed by atoms with Crippen molar-refractivity contribution >= 4 is 11.9 Å². The van der Waals surface area contributed by atoms with E-state index in [1.54, 1.807) is 0 Å². The SMILES string of the molecule is O=C(O)CC1(NC(=O)c2ccno2)CCC1. The molecule has 6 nitrogen and oxygen atoms in total. The van der Waals surface area contributed by atoms with Gasteiger partial charge in [0, 0.05) is 6.07 Å². The fourth-order valence-electron chi connectivity index (χ4n) is 1.87. The van der Waals surface area contributed by atoms with Gasteiger partial charge in [-0.15, -0.1) is 0 Å². The fraction of sp³-hybridized carbons (Fsp3) is 0.500. The molecule has 1 aromatic rings. The third-order valence-corrected chi connectivity index (χ3v) is 2.84. The summed E-state index contributed by atoms with van der Waals surface area (Å²) in [5.74, 6) is -1.20. The number of carbonyl (C=O) groups excluding carboxylic acids is 1. The second kappa shape index (κ2) is 3.96. The van der Waals surface area contributed by atoms with Crippen LogP contribution in [0, 0.1) is 0 Å². The molecule has 1 heterocycles. The number of nitrogens with one attached hydrogen (secondary N) is 1. The molecule has 1 aliphatic rings. The normalized spacial score (nSPS) is 17.5. The van der Waals surface area contributed by atoms with E-state index in [4.69, 9.17) is 9.63 Å². The van der Waals surface area contributed by atoms with Crippen LogP contribution in [0.2, 0.25) is 0 Å². The molecule has 86 valence electrons. The average Bonchev–Trinajstić information content (AvgIpc) is 2.66. The summed E-state index contributed by atoms with van der Waals surface area (Å²) < 4.78 is 4.71. The van der Waals surface area contributed by atoms with Crippen molar-refractivity contribution in [3.8, 4) is 0 Å². The molecule has 1 aromatic heterocycles. The lowest BCUT2D eigenvalue weighted by Crippen LogP contribution is -2.54. The monoisotopic (exact) mass is 224 g/mol. The van der Waals surface area contributed by atoms with Crippen LogP contribution in [-0.4, -0.2) is 27.7 Å². The van der Waals surface area contributed by atoms with E-state index in [1.165, 1.54) is 12.3 Å². The van der Waals surface area contributed by atoms with Crippen molar-refractivity contribution in [1.29, 1.82) is 0 Å². The molecule has 0 spiro atoms. The highest BCUT2D eigenvalue weighted by Gasteiger charge is 2.40. The summed E-state index contributed by atoms with van der Waals surface area (Å²) in [5.41, 5.74) is -0.601. The molecule has 1 amide bonds. The summed E-state index contributed by atoms with van der Waals surface area (Å²) in [6, 6.07) is 1.45. The van der Waals surface area contributed by atoms with Crippen LogP contribution in [0.25, 0.3) is 0 Å². The maximum atomic E-state index is 11.7. The number of hydrogen-bond donors (Lipinski definition) is 2. The van der Waals surface area contributed by atoms with E-state index in [9.17, 15) is 9.59 Å². The Morgan fingerprint density at radius 2 is 2.31 bits per heavy atom. The second-order valence-electron chi connectivity index (χ2n) is 4.04. The smallest absolute Gasteiger partial charge is 0.305 e. The molecule has 0 aromatic carbocycles. The first kappa shape index (κ1) is 10.7. The standard InChI is InChI=1S/C10H12N2O4/c13-8(14)6-10(3-1-4-10)12-9(15)7-2-5-11-16-7/h2,5H,1,3-4,6H2,(H,12,15)(H,13,14). The molecule has 0 bridgehead atoms. The Hall–Kier alpha value is -1.85. The number of carboxylic acid groups (broad SMARTS) is 1. The van der Waals surface area contributed by atoms with Crippen molar-refractivity contribution in [3.63, 3.8) is 0 Å². The predicted molar refractivity (Wildman–Crippen MR) is 52.8 cm³/mol.